The van der Waals surface area contributed by atoms with Gasteiger partial charge in [0.25, 0.3) is 0 Å². The number of hydrogen-bond donors (Lipinski definition) is 1. The van der Waals surface area contributed by atoms with Crippen LogP contribution in [0.25, 0.3) is 0 Å². The molecule has 6 heteroatoms. The Morgan fingerprint density at radius 1 is 1.31 bits per heavy atom. The first kappa shape index (κ1) is 15.7. The Hall–Kier alpha value is -0.290. The number of sulfone groups is 1. The summed E-state index contributed by atoms with van der Waals surface area (Å²) in [5, 5.41) is 2.63. The topological polar surface area (TPSA) is 63.2 Å². The van der Waals surface area contributed by atoms with E-state index in [0.29, 0.717) is 12.4 Å². The van der Waals surface area contributed by atoms with Crippen molar-refractivity contribution in [3.8, 4) is 0 Å². The van der Waals surface area contributed by atoms with Gasteiger partial charge < -0.3 is 5.32 Å². The third-order valence-electron chi connectivity index (χ3n) is 2.84. The normalized spacial score (nSPS) is 12.5. The highest BCUT2D eigenvalue weighted by molar-refractivity contribution is 7.91. The third kappa shape index (κ3) is 5.70. The first-order chi connectivity index (χ1) is 7.28. The van der Waals surface area contributed by atoms with Crippen LogP contribution in [0, 0.1) is 5.41 Å². The zero-order valence-electron chi connectivity index (χ0n) is 10.0. The predicted octanol–water partition coefficient (Wildman–Crippen LogP) is 1.19. The van der Waals surface area contributed by atoms with Crippen molar-refractivity contribution in [2.45, 2.75) is 26.7 Å². The molecule has 0 bridgehead atoms. The molecule has 0 aromatic rings. The fourth-order valence-electron chi connectivity index (χ4n) is 1.31. The summed E-state index contributed by atoms with van der Waals surface area (Å²) in [4.78, 5) is 11.3. The Morgan fingerprint density at radius 2 is 1.81 bits per heavy atom. The summed E-state index contributed by atoms with van der Waals surface area (Å²) < 4.78 is 21.8. The van der Waals surface area contributed by atoms with Gasteiger partial charge in [0.2, 0.25) is 5.91 Å². The number of hydrogen-bond acceptors (Lipinski definition) is 3. The van der Waals surface area contributed by atoms with Crippen molar-refractivity contribution in [3.05, 3.63) is 0 Å². The predicted molar refractivity (Wildman–Crippen MR) is 66.5 cm³/mol. The lowest BCUT2D eigenvalue weighted by molar-refractivity contribution is -0.119. The number of carbonyl (C=O) groups excluding carboxylic acids is 1. The van der Waals surface area contributed by atoms with E-state index < -0.39 is 21.5 Å². The van der Waals surface area contributed by atoms with Crippen molar-refractivity contribution in [2.24, 2.45) is 5.41 Å². The summed E-state index contributed by atoms with van der Waals surface area (Å²) in [5.74, 6) is -0.461. The van der Waals surface area contributed by atoms with Crippen LogP contribution in [-0.2, 0) is 14.6 Å². The van der Waals surface area contributed by atoms with Crippen LogP contribution in [0.5, 0.6) is 0 Å². The minimum Gasteiger partial charge on any atom is -0.355 e. The van der Waals surface area contributed by atoms with Gasteiger partial charge in [-0.2, -0.15) is 0 Å². The van der Waals surface area contributed by atoms with Gasteiger partial charge in [-0.15, -0.1) is 11.6 Å². The highest BCUT2D eigenvalue weighted by Gasteiger charge is 2.26. The van der Waals surface area contributed by atoms with E-state index >= 15 is 0 Å². The summed E-state index contributed by atoms with van der Waals surface area (Å²) >= 11 is 5.87. The molecule has 0 aromatic carbocycles. The number of carbonyl (C=O) groups is 1. The molecule has 0 aliphatic rings. The van der Waals surface area contributed by atoms with Crippen molar-refractivity contribution in [1.29, 1.82) is 0 Å². The Bertz CT molecular complexity index is 315. The van der Waals surface area contributed by atoms with Crippen LogP contribution in [-0.4, -0.2) is 38.8 Å². The van der Waals surface area contributed by atoms with Crippen molar-refractivity contribution >= 4 is 27.3 Å². The molecule has 96 valence electrons. The number of nitrogens with one attached hydrogen (secondary N) is 1. The minimum atomic E-state index is -3.26. The monoisotopic (exact) mass is 269 g/mol. The average molecular weight is 270 g/mol. The molecular formula is C10H20ClNO3S. The van der Waals surface area contributed by atoms with Gasteiger partial charge >= 0.3 is 0 Å². The van der Waals surface area contributed by atoms with Gasteiger partial charge in [0.1, 0.15) is 5.75 Å². The second kappa shape index (κ2) is 6.45. The maximum atomic E-state index is 11.3. The fraction of sp³-hybridized carbons (Fsp3) is 0.900. The summed E-state index contributed by atoms with van der Waals surface area (Å²) in [7, 11) is -3.26. The molecule has 16 heavy (non-hydrogen) atoms. The van der Waals surface area contributed by atoms with Crippen molar-refractivity contribution in [1.82, 2.24) is 5.32 Å². The molecule has 0 spiro atoms. The van der Waals surface area contributed by atoms with Crippen molar-refractivity contribution < 1.29 is 13.2 Å². The maximum absolute atomic E-state index is 11.3. The van der Waals surface area contributed by atoms with Crippen molar-refractivity contribution in [3.63, 3.8) is 0 Å². The molecule has 0 saturated heterocycles. The Balaban J connectivity index is 4.27. The van der Waals surface area contributed by atoms with Crippen LogP contribution < -0.4 is 5.32 Å². The summed E-state index contributed by atoms with van der Waals surface area (Å²) in [6, 6.07) is 0. The highest BCUT2D eigenvalue weighted by Crippen LogP contribution is 2.26. The molecule has 1 amide bonds. The van der Waals surface area contributed by atoms with Crippen LogP contribution in [0.3, 0.4) is 0 Å². The maximum Gasteiger partial charge on any atom is 0.235 e. The lowest BCUT2D eigenvalue weighted by Gasteiger charge is -2.29. The van der Waals surface area contributed by atoms with E-state index in [1.807, 2.05) is 13.8 Å². The van der Waals surface area contributed by atoms with Gasteiger partial charge in [-0.3, -0.25) is 4.79 Å². The van der Waals surface area contributed by atoms with E-state index in [-0.39, 0.29) is 5.41 Å². The van der Waals surface area contributed by atoms with Gasteiger partial charge in [0, 0.05) is 24.1 Å². The molecule has 0 fully saturated rings. The molecule has 0 aromatic heterocycles. The van der Waals surface area contributed by atoms with Gasteiger partial charge in [0.05, 0.1) is 0 Å². The van der Waals surface area contributed by atoms with Gasteiger partial charge in [-0.1, -0.05) is 13.8 Å². The Kier molecular flexibility index (Phi) is 6.33. The van der Waals surface area contributed by atoms with Gasteiger partial charge in [0.15, 0.2) is 9.84 Å². The molecule has 4 nitrogen and oxygen atoms in total. The number of amides is 1. The first-order valence-electron chi connectivity index (χ1n) is 5.29. The SMILES string of the molecule is CCC(CC)(CCl)CNC(=O)CS(C)(=O)=O. The lowest BCUT2D eigenvalue weighted by Crippen LogP contribution is -2.40. The van der Waals surface area contributed by atoms with E-state index in [2.05, 4.69) is 5.32 Å². The summed E-state index contributed by atoms with van der Waals surface area (Å²) in [6.07, 6.45) is 2.75. The third-order valence-corrected chi connectivity index (χ3v) is 4.19. The van der Waals surface area contributed by atoms with E-state index in [0.717, 1.165) is 19.1 Å². The van der Waals surface area contributed by atoms with Crippen LogP contribution >= 0.6 is 11.6 Å². The average Bonchev–Trinajstić information content (AvgIpc) is 2.18. The van der Waals surface area contributed by atoms with E-state index in [1.165, 1.54) is 0 Å². The lowest BCUT2D eigenvalue weighted by atomic mass is 9.84. The summed E-state index contributed by atoms with van der Waals surface area (Å²) in [5.41, 5.74) is -0.130. The zero-order valence-corrected chi connectivity index (χ0v) is 11.6. The van der Waals surface area contributed by atoms with Gasteiger partial charge in [-0.25, -0.2) is 8.42 Å². The van der Waals surface area contributed by atoms with Crippen LogP contribution in [0.15, 0.2) is 0 Å². The van der Waals surface area contributed by atoms with Crippen LogP contribution in [0.1, 0.15) is 26.7 Å². The number of alkyl halides is 1. The molecule has 0 saturated carbocycles. The smallest absolute Gasteiger partial charge is 0.235 e. The second-order valence-electron chi connectivity index (χ2n) is 4.19. The Morgan fingerprint density at radius 3 is 2.12 bits per heavy atom. The minimum absolute atomic E-state index is 0.130. The van der Waals surface area contributed by atoms with E-state index in [9.17, 15) is 13.2 Å². The van der Waals surface area contributed by atoms with Crippen molar-refractivity contribution in [2.75, 3.05) is 24.4 Å². The fourth-order valence-corrected chi connectivity index (χ4v) is 2.36. The largest absolute Gasteiger partial charge is 0.355 e. The quantitative estimate of drug-likeness (QED) is 0.706. The molecule has 0 radical (unpaired) electrons. The second-order valence-corrected chi connectivity index (χ2v) is 6.59. The molecule has 0 unspecified atom stereocenters. The van der Waals surface area contributed by atoms with E-state index in [1.54, 1.807) is 0 Å². The molecule has 1 N–H and O–H groups in total. The standard InChI is InChI=1S/C10H20ClNO3S/c1-4-10(5-2,7-11)8-12-9(13)6-16(3,14)15/h4-8H2,1-3H3,(H,12,13). The van der Waals surface area contributed by atoms with E-state index in [4.69, 9.17) is 11.6 Å². The molecule has 0 heterocycles. The first-order valence-corrected chi connectivity index (χ1v) is 7.88. The molecular weight excluding hydrogens is 250 g/mol. The highest BCUT2D eigenvalue weighted by atomic mass is 35.5. The van der Waals surface area contributed by atoms with Crippen LogP contribution in [0.2, 0.25) is 0 Å². The van der Waals surface area contributed by atoms with Crippen LogP contribution in [0.4, 0.5) is 0 Å². The molecule has 0 rings (SSSR count). The zero-order chi connectivity index (χ0) is 12.8. The molecule has 0 aliphatic carbocycles. The molecule has 0 aliphatic heterocycles. The summed E-state index contributed by atoms with van der Waals surface area (Å²) in [6.45, 7) is 4.45. The Labute approximate surface area is 103 Å². The molecule has 0 atom stereocenters. The van der Waals surface area contributed by atoms with Gasteiger partial charge in [-0.05, 0) is 12.8 Å². The number of halogens is 1. The number of rotatable bonds is 7.